The van der Waals surface area contributed by atoms with Gasteiger partial charge < -0.3 is 19.6 Å². The first kappa shape index (κ1) is 29.4. The van der Waals surface area contributed by atoms with Gasteiger partial charge >= 0.3 is 0 Å². The summed E-state index contributed by atoms with van der Waals surface area (Å²) >= 11 is 1.73. The Kier molecular flexibility index (Phi) is 7.93. The van der Waals surface area contributed by atoms with E-state index >= 15 is 0 Å². The van der Waals surface area contributed by atoms with E-state index in [1.165, 1.54) is 26.2 Å². The van der Waals surface area contributed by atoms with Crippen molar-refractivity contribution in [1.29, 1.82) is 0 Å². The molecule has 0 unspecified atom stereocenters. The number of benzene rings is 3. The van der Waals surface area contributed by atoms with Crippen molar-refractivity contribution in [2.75, 3.05) is 11.9 Å². The molecule has 1 saturated heterocycles. The highest BCUT2D eigenvalue weighted by molar-refractivity contribution is 7.17. The Morgan fingerprint density at radius 2 is 1.61 bits per heavy atom. The average Bonchev–Trinajstić information content (AvgIpc) is 3.79. The molecule has 5 aromatic rings. The van der Waals surface area contributed by atoms with Crippen LogP contribution in [-0.2, 0) is 15.6 Å². The summed E-state index contributed by atoms with van der Waals surface area (Å²) in [4.78, 5) is 4.97. The molecule has 0 bridgehead atoms. The molecule has 7 heteroatoms. The number of nitrogens with one attached hydrogen (secondary N) is 1. The molecular formula is C37H40N2O3SSi. The van der Waals surface area contributed by atoms with E-state index in [2.05, 4.69) is 122 Å². The number of aliphatic hydroxyl groups excluding tert-OH is 1. The Morgan fingerprint density at radius 3 is 2.30 bits per heavy atom. The summed E-state index contributed by atoms with van der Waals surface area (Å²) in [5.41, 5.74) is 3.86. The van der Waals surface area contributed by atoms with Gasteiger partial charge in [0.05, 0.1) is 24.9 Å². The molecule has 1 aliphatic heterocycles. The van der Waals surface area contributed by atoms with Crippen LogP contribution in [0.25, 0.3) is 10.1 Å². The number of aliphatic hydroxyl groups is 1. The van der Waals surface area contributed by atoms with Gasteiger partial charge in [0.15, 0.2) is 0 Å². The maximum atomic E-state index is 10.6. The third kappa shape index (κ3) is 5.10. The Labute approximate surface area is 265 Å². The molecular weight excluding hydrogens is 581 g/mol. The summed E-state index contributed by atoms with van der Waals surface area (Å²) in [5.74, 6) is 0.920. The molecule has 0 saturated carbocycles. The minimum atomic E-state index is -2.82. The van der Waals surface area contributed by atoms with Crippen molar-refractivity contribution in [3.05, 3.63) is 119 Å². The molecule has 2 N–H and O–H groups in total. The van der Waals surface area contributed by atoms with Crippen molar-refractivity contribution in [3.63, 3.8) is 0 Å². The second-order valence-corrected chi connectivity index (χ2v) is 18.2. The molecule has 3 heterocycles. The summed E-state index contributed by atoms with van der Waals surface area (Å²) in [5, 5.41) is 19.9. The topological polar surface area (TPSA) is 63.6 Å². The molecule has 0 amide bonds. The van der Waals surface area contributed by atoms with Gasteiger partial charge in [0.2, 0.25) is 0 Å². The molecule has 2 aliphatic rings. The van der Waals surface area contributed by atoms with Crippen LogP contribution in [0.4, 0.5) is 5.82 Å². The van der Waals surface area contributed by atoms with Gasteiger partial charge in [-0.25, -0.2) is 4.98 Å². The Hall–Kier alpha value is -3.33. The van der Waals surface area contributed by atoms with Crippen molar-refractivity contribution >= 4 is 45.9 Å². The molecule has 3 aromatic carbocycles. The monoisotopic (exact) mass is 620 g/mol. The van der Waals surface area contributed by atoms with Crippen LogP contribution in [0.1, 0.15) is 62.4 Å². The van der Waals surface area contributed by atoms with Crippen LogP contribution < -0.4 is 15.7 Å². The minimum Gasteiger partial charge on any atom is -0.402 e. The standard InChI is InChI=1S/C37H40N2O3SSi/c1-37(2,3)44(26-13-6-4-7-14-26,27-15-8-5-9-16-27)42-33-22-32(41-34(33)24-40)30-23-38-36(29-20-21-43-35(29)30)39-31-19-18-25-12-10-11-17-28(25)31/h4-17,20-21,23,31-34,40H,18-19,22,24H2,1-3H3,(H,38,39)/t31-,32+,33-,34+/m0/s1. The quantitative estimate of drug-likeness (QED) is 0.180. The van der Waals surface area contributed by atoms with Crippen LogP contribution in [0.5, 0.6) is 0 Å². The van der Waals surface area contributed by atoms with E-state index in [0.29, 0.717) is 6.42 Å². The number of fused-ring (bicyclic) bond motifs is 2. The van der Waals surface area contributed by atoms with E-state index < -0.39 is 14.4 Å². The van der Waals surface area contributed by atoms with Crippen LogP contribution in [0.3, 0.4) is 0 Å². The first-order chi connectivity index (χ1) is 21.4. The number of nitrogens with zero attached hydrogens (tertiary/aromatic N) is 1. The molecule has 44 heavy (non-hydrogen) atoms. The zero-order chi connectivity index (χ0) is 30.3. The predicted octanol–water partition coefficient (Wildman–Crippen LogP) is 7.16. The fraction of sp³-hybridized carbons (Fsp3) is 0.324. The molecule has 0 spiro atoms. The highest BCUT2D eigenvalue weighted by atomic mass is 32.1. The lowest BCUT2D eigenvalue weighted by Gasteiger charge is -2.45. The lowest BCUT2D eigenvalue weighted by Crippen LogP contribution is -2.68. The van der Waals surface area contributed by atoms with E-state index in [1.807, 2.05) is 6.20 Å². The maximum absolute atomic E-state index is 10.6. The summed E-state index contributed by atoms with van der Waals surface area (Å²) in [6.45, 7) is 6.76. The molecule has 7 rings (SSSR count). The second kappa shape index (κ2) is 11.9. The number of rotatable bonds is 8. The van der Waals surface area contributed by atoms with Gasteiger partial charge in [0.1, 0.15) is 11.9 Å². The normalized spacial score (nSPS) is 21.9. The fourth-order valence-corrected chi connectivity index (χ4v) is 13.0. The zero-order valence-corrected chi connectivity index (χ0v) is 27.4. The van der Waals surface area contributed by atoms with Crippen LogP contribution >= 0.6 is 11.3 Å². The summed E-state index contributed by atoms with van der Waals surface area (Å²) in [7, 11) is -2.82. The predicted molar refractivity (Wildman–Crippen MR) is 183 cm³/mol. The number of hydrogen-bond acceptors (Lipinski definition) is 6. The number of hydrogen-bond donors (Lipinski definition) is 2. The number of pyridine rings is 1. The lowest BCUT2D eigenvalue weighted by atomic mass is 10.0. The molecule has 4 atom stereocenters. The van der Waals surface area contributed by atoms with Crippen LogP contribution in [0, 0.1) is 0 Å². The molecule has 0 radical (unpaired) electrons. The lowest BCUT2D eigenvalue weighted by molar-refractivity contribution is -0.0184. The fourth-order valence-electron chi connectivity index (χ4n) is 7.32. The zero-order valence-electron chi connectivity index (χ0n) is 25.6. The Balaban J connectivity index is 1.21. The number of thiophene rings is 1. The van der Waals surface area contributed by atoms with Crippen LogP contribution in [0.2, 0.25) is 5.04 Å². The SMILES string of the molecule is CC(C)(C)[Si](O[C@H]1C[C@H](c2cnc(N[C@H]3CCc4ccccc43)c3ccsc23)O[C@@H]1CO)(c1ccccc1)c1ccccc1. The third-order valence-electron chi connectivity index (χ3n) is 9.43. The number of aryl methyl sites for hydroxylation is 1. The van der Waals surface area contributed by atoms with Gasteiger partial charge in [-0.1, -0.05) is 106 Å². The summed E-state index contributed by atoms with van der Waals surface area (Å²) in [6, 6.07) is 32.5. The van der Waals surface area contributed by atoms with E-state index in [0.717, 1.165) is 29.6 Å². The van der Waals surface area contributed by atoms with Gasteiger partial charge in [0, 0.05) is 28.3 Å². The van der Waals surface area contributed by atoms with Gasteiger partial charge in [-0.2, -0.15) is 0 Å². The van der Waals surface area contributed by atoms with E-state index in [9.17, 15) is 5.11 Å². The first-order valence-corrected chi connectivity index (χ1v) is 18.4. The van der Waals surface area contributed by atoms with Crippen molar-refractivity contribution in [3.8, 4) is 0 Å². The summed E-state index contributed by atoms with van der Waals surface area (Å²) in [6.07, 6.45) is 3.89. The minimum absolute atomic E-state index is 0.0961. The number of ether oxygens (including phenoxy) is 1. The van der Waals surface area contributed by atoms with Crippen molar-refractivity contribution in [2.24, 2.45) is 0 Å². The van der Waals surface area contributed by atoms with Gasteiger partial charge in [-0.3, -0.25) is 0 Å². The van der Waals surface area contributed by atoms with Crippen molar-refractivity contribution < 1.29 is 14.3 Å². The Morgan fingerprint density at radius 1 is 0.932 bits per heavy atom. The maximum Gasteiger partial charge on any atom is 0.261 e. The number of anilines is 1. The smallest absolute Gasteiger partial charge is 0.261 e. The first-order valence-electron chi connectivity index (χ1n) is 15.6. The highest BCUT2D eigenvalue weighted by Gasteiger charge is 2.53. The highest BCUT2D eigenvalue weighted by Crippen LogP contribution is 2.45. The van der Waals surface area contributed by atoms with Gasteiger partial charge in [0.25, 0.3) is 8.32 Å². The van der Waals surface area contributed by atoms with E-state index in [4.69, 9.17) is 14.1 Å². The van der Waals surface area contributed by atoms with Crippen molar-refractivity contribution in [2.45, 2.75) is 69.4 Å². The average molecular weight is 621 g/mol. The van der Waals surface area contributed by atoms with Crippen LogP contribution in [0.15, 0.2) is 103 Å². The van der Waals surface area contributed by atoms with E-state index in [-0.39, 0.29) is 29.9 Å². The van der Waals surface area contributed by atoms with Gasteiger partial charge in [-0.05, 0) is 50.8 Å². The third-order valence-corrected chi connectivity index (χ3v) is 15.5. The molecule has 1 aliphatic carbocycles. The molecule has 2 aromatic heterocycles. The summed E-state index contributed by atoms with van der Waals surface area (Å²) < 4.78 is 15.3. The largest absolute Gasteiger partial charge is 0.402 e. The molecule has 226 valence electrons. The van der Waals surface area contributed by atoms with Crippen molar-refractivity contribution in [1.82, 2.24) is 4.98 Å². The Bertz CT molecular complexity index is 1700. The molecule has 1 fully saturated rings. The van der Waals surface area contributed by atoms with Crippen LogP contribution in [-0.4, -0.2) is 37.2 Å². The second-order valence-electron chi connectivity index (χ2n) is 13.1. The number of aromatic nitrogens is 1. The van der Waals surface area contributed by atoms with E-state index in [1.54, 1.807) is 11.3 Å². The molecule has 5 nitrogen and oxygen atoms in total. The van der Waals surface area contributed by atoms with Gasteiger partial charge in [-0.15, -0.1) is 11.3 Å².